The highest BCUT2D eigenvalue weighted by Gasteiger charge is 2.24. The summed E-state index contributed by atoms with van der Waals surface area (Å²) in [6, 6.07) is 20.8. The van der Waals surface area contributed by atoms with Gasteiger partial charge in [0.25, 0.3) is 0 Å². The number of hydrogen-bond donors (Lipinski definition) is 1. The molecule has 5 aromatic rings. The number of nitrogens with zero attached hydrogens (tertiary/aromatic N) is 2. The summed E-state index contributed by atoms with van der Waals surface area (Å²) in [4.78, 5) is 17.4. The number of rotatable bonds is 5. The van der Waals surface area contributed by atoms with Crippen molar-refractivity contribution in [1.82, 2.24) is 9.55 Å². The van der Waals surface area contributed by atoms with E-state index in [4.69, 9.17) is 11.6 Å². The Hall–Kier alpha value is -3.20. The molecule has 0 aliphatic rings. The lowest BCUT2D eigenvalue weighted by Gasteiger charge is -2.05. The summed E-state index contributed by atoms with van der Waals surface area (Å²) in [6.45, 7) is -0.0490. The molecule has 0 aliphatic heterocycles. The van der Waals surface area contributed by atoms with E-state index in [0.29, 0.717) is 21.1 Å². The summed E-state index contributed by atoms with van der Waals surface area (Å²) >= 11 is 7.30. The molecule has 6 nitrogen and oxygen atoms in total. The van der Waals surface area contributed by atoms with Crippen LogP contribution < -0.4 is 5.32 Å². The molecule has 1 N–H and O–H groups in total. The predicted molar refractivity (Wildman–Crippen MR) is 127 cm³/mol. The van der Waals surface area contributed by atoms with Gasteiger partial charge in [0, 0.05) is 22.1 Å². The molecular weight excluding hydrogens is 466 g/mol. The molecule has 0 aliphatic carbocycles. The highest BCUT2D eigenvalue weighted by Crippen LogP contribution is 2.31. The molecule has 0 saturated heterocycles. The number of para-hydroxylation sites is 2. The summed E-state index contributed by atoms with van der Waals surface area (Å²) in [5.41, 5.74) is 1.47. The molecule has 0 radical (unpaired) electrons. The van der Waals surface area contributed by atoms with Crippen LogP contribution in [0.25, 0.3) is 21.1 Å². The predicted octanol–water partition coefficient (Wildman–Crippen LogP) is 5.38. The van der Waals surface area contributed by atoms with E-state index in [2.05, 4.69) is 10.3 Å². The molecule has 0 unspecified atom stereocenters. The van der Waals surface area contributed by atoms with E-state index in [1.54, 1.807) is 34.9 Å². The van der Waals surface area contributed by atoms with Gasteiger partial charge in [-0.25, -0.2) is 13.4 Å². The van der Waals surface area contributed by atoms with Crippen LogP contribution in [0, 0.1) is 0 Å². The topological polar surface area (TPSA) is 81.1 Å². The van der Waals surface area contributed by atoms with E-state index < -0.39 is 9.84 Å². The van der Waals surface area contributed by atoms with Crippen molar-refractivity contribution in [3.8, 4) is 0 Å². The van der Waals surface area contributed by atoms with Crippen LogP contribution in [-0.4, -0.2) is 23.9 Å². The number of sulfone groups is 1. The van der Waals surface area contributed by atoms with Crippen molar-refractivity contribution in [2.75, 3.05) is 5.32 Å². The maximum atomic E-state index is 13.3. The van der Waals surface area contributed by atoms with Gasteiger partial charge in [-0.1, -0.05) is 53.3 Å². The van der Waals surface area contributed by atoms with Crippen LogP contribution in [0.15, 0.2) is 88.8 Å². The van der Waals surface area contributed by atoms with E-state index in [1.807, 2.05) is 30.3 Å². The van der Waals surface area contributed by atoms with Crippen LogP contribution in [-0.2, 0) is 21.2 Å². The van der Waals surface area contributed by atoms with E-state index in [1.165, 1.54) is 29.7 Å². The van der Waals surface area contributed by atoms with E-state index >= 15 is 0 Å². The first-order chi connectivity index (χ1) is 15.4. The van der Waals surface area contributed by atoms with Crippen molar-refractivity contribution in [2.24, 2.45) is 0 Å². The fourth-order valence-electron chi connectivity index (χ4n) is 3.54. The highest BCUT2D eigenvalue weighted by atomic mass is 35.5. The molecule has 2 heterocycles. The minimum absolute atomic E-state index is 0.0490. The monoisotopic (exact) mass is 481 g/mol. The summed E-state index contributed by atoms with van der Waals surface area (Å²) < 4.78 is 29.2. The number of thiazole rings is 1. The Morgan fingerprint density at radius 2 is 1.72 bits per heavy atom. The number of halogens is 1. The number of fused-ring (bicyclic) bond motifs is 2. The van der Waals surface area contributed by atoms with Crippen molar-refractivity contribution in [2.45, 2.75) is 16.3 Å². The first-order valence-electron chi connectivity index (χ1n) is 9.66. The molecule has 3 aromatic carbocycles. The minimum atomic E-state index is -3.79. The number of nitrogens with one attached hydrogen (secondary N) is 1. The normalized spacial score (nSPS) is 11.8. The molecular formula is C23H16ClN3O3S2. The number of carbonyl (C=O) groups excluding carboxylic acids is 1. The molecule has 0 saturated carbocycles. The minimum Gasteiger partial charge on any atom is -0.337 e. The average molecular weight is 482 g/mol. The quantitative estimate of drug-likeness (QED) is 0.365. The molecule has 0 bridgehead atoms. The fourth-order valence-corrected chi connectivity index (χ4v) is 6.02. The van der Waals surface area contributed by atoms with Gasteiger partial charge in [-0.2, -0.15) is 0 Å². The van der Waals surface area contributed by atoms with Gasteiger partial charge in [0.05, 0.1) is 20.0 Å². The standard InChI is InChI=1S/C23H16ClN3O3S2/c24-15-9-11-16(12-10-15)32(29,30)21-13-27(19-7-3-1-5-17(19)21)14-22(28)26-23-25-18-6-2-4-8-20(18)31-23/h1-13H,14H2,(H,25,26,28). The Balaban J connectivity index is 1.48. The number of hydrogen-bond acceptors (Lipinski definition) is 5. The number of carbonyl (C=O) groups is 1. The van der Waals surface area contributed by atoms with Crippen LogP contribution in [0.3, 0.4) is 0 Å². The van der Waals surface area contributed by atoms with Gasteiger partial charge >= 0.3 is 0 Å². The van der Waals surface area contributed by atoms with Crippen LogP contribution >= 0.6 is 22.9 Å². The molecule has 0 fully saturated rings. The van der Waals surface area contributed by atoms with Gasteiger partial charge < -0.3 is 9.88 Å². The van der Waals surface area contributed by atoms with Crippen LogP contribution in [0.2, 0.25) is 5.02 Å². The molecule has 160 valence electrons. The fraction of sp³-hybridized carbons (Fsp3) is 0.0435. The lowest BCUT2D eigenvalue weighted by molar-refractivity contribution is -0.116. The van der Waals surface area contributed by atoms with Crippen LogP contribution in [0.1, 0.15) is 0 Å². The number of anilines is 1. The Labute approximate surface area is 193 Å². The van der Waals surface area contributed by atoms with E-state index in [9.17, 15) is 13.2 Å². The summed E-state index contributed by atoms with van der Waals surface area (Å²) in [5, 5.41) is 4.32. The number of amides is 1. The smallest absolute Gasteiger partial charge is 0.246 e. The summed E-state index contributed by atoms with van der Waals surface area (Å²) in [7, 11) is -3.79. The molecule has 0 spiro atoms. The Bertz CT molecular complexity index is 1540. The first-order valence-corrected chi connectivity index (χ1v) is 12.3. The van der Waals surface area contributed by atoms with Gasteiger partial charge in [-0.15, -0.1) is 0 Å². The second kappa shape index (κ2) is 8.05. The largest absolute Gasteiger partial charge is 0.337 e. The summed E-state index contributed by atoms with van der Waals surface area (Å²) in [6.07, 6.45) is 1.51. The van der Waals surface area contributed by atoms with Gasteiger partial charge in [0.1, 0.15) is 6.54 Å². The average Bonchev–Trinajstić information content (AvgIpc) is 3.35. The molecule has 1 amide bonds. The lowest BCUT2D eigenvalue weighted by atomic mass is 10.2. The van der Waals surface area contributed by atoms with Crippen molar-refractivity contribution in [3.63, 3.8) is 0 Å². The third-order valence-corrected chi connectivity index (χ3v) is 8.02. The van der Waals surface area contributed by atoms with Crippen molar-refractivity contribution in [3.05, 3.63) is 84.0 Å². The van der Waals surface area contributed by atoms with Crippen molar-refractivity contribution < 1.29 is 13.2 Å². The third kappa shape index (κ3) is 3.77. The Morgan fingerprint density at radius 3 is 2.50 bits per heavy atom. The Kier molecular flexibility index (Phi) is 5.21. The zero-order valence-corrected chi connectivity index (χ0v) is 18.9. The van der Waals surface area contributed by atoms with Crippen molar-refractivity contribution in [1.29, 1.82) is 0 Å². The maximum absolute atomic E-state index is 13.3. The number of benzene rings is 3. The van der Waals surface area contributed by atoms with E-state index in [-0.39, 0.29) is 22.2 Å². The van der Waals surface area contributed by atoms with E-state index in [0.717, 1.165) is 10.2 Å². The molecule has 32 heavy (non-hydrogen) atoms. The first kappa shape index (κ1) is 20.7. The molecule has 9 heteroatoms. The SMILES string of the molecule is O=C(Cn1cc(S(=O)(=O)c2ccc(Cl)cc2)c2ccccc21)Nc1nc2ccccc2s1. The van der Waals surface area contributed by atoms with Gasteiger partial charge in [0.15, 0.2) is 5.13 Å². The maximum Gasteiger partial charge on any atom is 0.246 e. The van der Waals surface area contributed by atoms with Gasteiger partial charge in [-0.3, -0.25) is 4.79 Å². The summed E-state index contributed by atoms with van der Waals surface area (Å²) in [5.74, 6) is -0.291. The molecule has 2 aromatic heterocycles. The zero-order valence-electron chi connectivity index (χ0n) is 16.5. The van der Waals surface area contributed by atoms with Gasteiger partial charge in [0.2, 0.25) is 15.7 Å². The number of aromatic nitrogens is 2. The second-order valence-electron chi connectivity index (χ2n) is 7.13. The third-order valence-electron chi connectivity index (χ3n) is 5.02. The van der Waals surface area contributed by atoms with Gasteiger partial charge in [-0.05, 0) is 42.5 Å². The molecule has 0 atom stereocenters. The Morgan fingerprint density at radius 1 is 1.00 bits per heavy atom. The van der Waals surface area contributed by atoms with Crippen molar-refractivity contribution >= 4 is 64.9 Å². The zero-order chi connectivity index (χ0) is 22.3. The molecule has 5 rings (SSSR count). The van der Waals surface area contributed by atoms with Crippen LogP contribution in [0.4, 0.5) is 5.13 Å². The highest BCUT2D eigenvalue weighted by molar-refractivity contribution is 7.91. The lowest BCUT2D eigenvalue weighted by Crippen LogP contribution is -2.18. The second-order valence-corrected chi connectivity index (χ2v) is 10.5. The van der Waals surface area contributed by atoms with Crippen LogP contribution in [0.5, 0.6) is 0 Å².